The van der Waals surface area contributed by atoms with Gasteiger partial charge in [-0.3, -0.25) is 4.72 Å². The van der Waals surface area contributed by atoms with Gasteiger partial charge in [0.05, 0.1) is 11.3 Å². The Kier molecular flexibility index (Phi) is 4.22. The third kappa shape index (κ3) is 3.89. The molecule has 1 heterocycles. The number of sulfonamides is 1. The van der Waals surface area contributed by atoms with Gasteiger partial charge in [0.15, 0.2) is 0 Å². The van der Waals surface area contributed by atoms with Gasteiger partial charge in [-0.25, -0.2) is 8.42 Å². The van der Waals surface area contributed by atoms with Gasteiger partial charge in [-0.05, 0) is 24.3 Å². The zero-order chi connectivity index (χ0) is 15.8. The fourth-order valence-electron chi connectivity index (χ4n) is 1.49. The first-order chi connectivity index (χ1) is 9.58. The minimum Gasteiger partial charge on any atom is -0.398 e. The lowest BCUT2D eigenvalue weighted by atomic mass is 10.2. The molecule has 0 aliphatic carbocycles. The van der Waals surface area contributed by atoms with Gasteiger partial charge in [0, 0.05) is 15.5 Å². The SMILES string of the molecule is Nc1csc(S(=O)(=O)Nc2cc(Br)cc(C(F)(F)F)c2)c1. The fourth-order valence-corrected chi connectivity index (χ4v) is 4.10. The van der Waals surface area contributed by atoms with Crippen LogP contribution < -0.4 is 10.5 Å². The van der Waals surface area contributed by atoms with Crippen LogP contribution in [0.2, 0.25) is 0 Å². The molecule has 4 nitrogen and oxygen atoms in total. The molecule has 0 saturated heterocycles. The Balaban J connectivity index is 2.38. The lowest BCUT2D eigenvalue weighted by Crippen LogP contribution is -2.13. The van der Waals surface area contributed by atoms with Crippen LogP contribution in [0, 0.1) is 0 Å². The van der Waals surface area contributed by atoms with E-state index in [1.54, 1.807) is 0 Å². The second kappa shape index (κ2) is 5.50. The molecule has 0 bridgehead atoms. The zero-order valence-corrected chi connectivity index (χ0v) is 13.3. The maximum atomic E-state index is 12.7. The summed E-state index contributed by atoms with van der Waals surface area (Å²) in [7, 11) is -3.97. The molecule has 0 spiro atoms. The van der Waals surface area contributed by atoms with E-state index >= 15 is 0 Å². The van der Waals surface area contributed by atoms with Crippen molar-refractivity contribution in [1.82, 2.24) is 0 Å². The first kappa shape index (κ1) is 16.1. The fraction of sp³-hybridized carbons (Fsp3) is 0.0909. The molecule has 1 aromatic heterocycles. The van der Waals surface area contributed by atoms with Gasteiger partial charge < -0.3 is 5.73 Å². The van der Waals surface area contributed by atoms with Crippen molar-refractivity contribution in [2.24, 2.45) is 0 Å². The van der Waals surface area contributed by atoms with Crippen LogP contribution in [0.3, 0.4) is 0 Å². The number of alkyl halides is 3. The average Bonchev–Trinajstić information content (AvgIpc) is 2.74. The predicted octanol–water partition coefficient (Wildman–Crippen LogP) is 3.91. The Bertz CT molecular complexity index is 772. The van der Waals surface area contributed by atoms with Gasteiger partial charge in [-0.1, -0.05) is 15.9 Å². The van der Waals surface area contributed by atoms with Gasteiger partial charge in [-0.2, -0.15) is 13.2 Å². The first-order valence-corrected chi connectivity index (χ1v) is 8.48. The second-order valence-electron chi connectivity index (χ2n) is 4.03. The molecule has 0 unspecified atom stereocenters. The highest BCUT2D eigenvalue weighted by atomic mass is 79.9. The Morgan fingerprint density at radius 3 is 2.38 bits per heavy atom. The van der Waals surface area contributed by atoms with E-state index in [2.05, 4.69) is 20.7 Å². The Hall–Kier alpha value is -1.26. The monoisotopic (exact) mass is 400 g/mol. The standard InChI is InChI=1S/C11H8BrF3N2O2S2/c12-7-1-6(11(13,14)15)2-9(3-7)17-21(18,19)10-4-8(16)5-20-10/h1-5,17H,16H2. The van der Waals surface area contributed by atoms with Crippen LogP contribution in [-0.2, 0) is 16.2 Å². The first-order valence-electron chi connectivity index (χ1n) is 5.32. The molecule has 0 amide bonds. The molecule has 3 N–H and O–H groups in total. The third-order valence-electron chi connectivity index (χ3n) is 2.34. The van der Waals surface area contributed by atoms with Crippen molar-refractivity contribution in [3.05, 3.63) is 39.7 Å². The lowest BCUT2D eigenvalue weighted by Gasteiger charge is -2.11. The van der Waals surface area contributed by atoms with E-state index in [4.69, 9.17) is 5.73 Å². The molecule has 2 aromatic rings. The number of rotatable bonds is 3. The van der Waals surface area contributed by atoms with Crippen LogP contribution >= 0.6 is 27.3 Å². The molecular formula is C11H8BrF3N2O2S2. The van der Waals surface area contributed by atoms with Crippen LogP contribution in [0.4, 0.5) is 24.5 Å². The van der Waals surface area contributed by atoms with Crippen molar-refractivity contribution in [2.75, 3.05) is 10.5 Å². The maximum absolute atomic E-state index is 12.7. The minimum absolute atomic E-state index is 0.0754. The van der Waals surface area contributed by atoms with E-state index in [1.807, 2.05) is 0 Å². The van der Waals surface area contributed by atoms with E-state index in [1.165, 1.54) is 17.5 Å². The van der Waals surface area contributed by atoms with Crippen molar-refractivity contribution in [3.63, 3.8) is 0 Å². The Labute approximate surface area is 131 Å². The van der Waals surface area contributed by atoms with E-state index < -0.39 is 21.8 Å². The lowest BCUT2D eigenvalue weighted by molar-refractivity contribution is -0.137. The van der Waals surface area contributed by atoms with E-state index in [-0.39, 0.29) is 20.1 Å². The molecule has 10 heteroatoms. The normalized spacial score (nSPS) is 12.4. The van der Waals surface area contributed by atoms with Crippen LogP contribution in [0.25, 0.3) is 0 Å². The number of nitrogens with one attached hydrogen (secondary N) is 1. The van der Waals surface area contributed by atoms with Gasteiger partial charge >= 0.3 is 6.18 Å². The molecule has 0 radical (unpaired) electrons. The number of thiophene rings is 1. The van der Waals surface area contributed by atoms with Gasteiger partial charge in [0.2, 0.25) is 0 Å². The van der Waals surface area contributed by atoms with Gasteiger partial charge in [0.25, 0.3) is 10.0 Å². The summed E-state index contributed by atoms with van der Waals surface area (Å²) in [5, 5.41) is 1.43. The highest BCUT2D eigenvalue weighted by molar-refractivity contribution is 9.10. The molecular weight excluding hydrogens is 393 g/mol. The number of halogens is 4. The van der Waals surface area contributed by atoms with Crippen molar-refractivity contribution < 1.29 is 21.6 Å². The summed E-state index contributed by atoms with van der Waals surface area (Å²) in [4.78, 5) is 0. The number of hydrogen-bond acceptors (Lipinski definition) is 4. The zero-order valence-electron chi connectivity index (χ0n) is 10.1. The van der Waals surface area contributed by atoms with Crippen LogP contribution in [0.15, 0.2) is 38.3 Å². The molecule has 114 valence electrons. The topological polar surface area (TPSA) is 72.2 Å². The number of hydrogen-bond donors (Lipinski definition) is 2. The Morgan fingerprint density at radius 1 is 1.19 bits per heavy atom. The van der Waals surface area contributed by atoms with E-state index in [9.17, 15) is 21.6 Å². The molecule has 21 heavy (non-hydrogen) atoms. The van der Waals surface area contributed by atoms with Crippen LogP contribution in [0.5, 0.6) is 0 Å². The summed E-state index contributed by atoms with van der Waals surface area (Å²) in [6.07, 6.45) is -4.57. The quantitative estimate of drug-likeness (QED) is 0.819. The number of benzene rings is 1. The van der Waals surface area contributed by atoms with E-state index in [0.29, 0.717) is 0 Å². The minimum atomic E-state index is -4.57. The van der Waals surface area contributed by atoms with Crippen molar-refractivity contribution in [3.8, 4) is 0 Å². The summed E-state index contributed by atoms with van der Waals surface area (Å²) in [5.74, 6) is 0. The average molecular weight is 401 g/mol. The molecule has 0 fully saturated rings. The van der Waals surface area contributed by atoms with Crippen LogP contribution in [0.1, 0.15) is 5.56 Å². The number of anilines is 2. The summed E-state index contributed by atoms with van der Waals surface area (Å²) in [5.41, 5.74) is 4.56. The predicted molar refractivity (Wildman–Crippen MR) is 78.7 cm³/mol. The second-order valence-corrected chi connectivity index (χ2v) is 7.77. The number of nitrogen functional groups attached to an aromatic ring is 1. The highest BCUT2D eigenvalue weighted by Gasteiger charge is 2.31. The third-order valence-corrected chi connectivity index (χ3v) is 5.63. The molecule has 2 rings (SSSR count). The summed E-state index contributed by atoms with van der Waals surface area (Å²) in [6.45, 7) is 0. The summed E-state index contributed by atoms with van der Waals surface area (Å²) in [6, 6.07) is 4.06. The largest absolute Gasteiger partial charge is 0.416 e. The molecule has 0 saturated carbocycles. The van der Waals surface area contributed by atoms with Crippen molar-refractivity contribution >= 4 is 48.7 Å². The highest BCUT2D eigenvalue weighted by Crippen LogP contribution is 2.34. The smallest absolute Gasteiger partial charge is 0.398 e. The van der Waals surface area contributed by atoms with Crippen molar-refractivity contribution in [2.45, 2.75) is 10.4 Å². The molecule has 0 atom stereocenters. The number of nitrogens with two attached hydrogens (primary N) is 1. The van der Waals surface area contributed by atoms with Crippen LogP contribution in [-0.4, -0.2) is 8.42 Å². The van der Waals surface area contributed by atoms with Gasteiger partial charge in [0.1, 0.15) is 4.21 Å². The molecule has 0 aliphatic heterocycles. The van der Waals surface area contributed by atoms with Crippen molar-refractivity contribution in [1.29, 1.82) is 0 Å². The summed E-state index contributed by atoms with van der Waals surface area (Å²) >= 11 is 3.80. The molecule has 0 aliphatic rings. The van der Waals surface area contributed by atoms with Gasteiger partial charge in [-0.15, -0.1) is 11.3 Å². The summed E-state index contributed by atoms with van der Waals surface area (Å²) < 4.78 is 64.3. The maximum Gasteiger partial charge on any atom is 0.416 e. The molecule has 1 aromatic carbocycles. The van der Waals surface area contributed by atoms with E-state index in [0.717, 1.165) is 23.5 Å². The Morgan fingerprint density at radius 2 is 1.86 bits per heavy atom.